The minimum atomic E-state index is -0.916. The number of esters is 1. The van der Waals surface area contributed by atoms with Crippen molar-refractivity contribution in [2.24, 2.45) is 0 Å². The Morgan fingerprint density at radius 1 is 1.25 bits per heavy atom. The van der Waals surface area contributed by atoms with Crippen molar-refractivity contribution in [3.63, 3.8) is 0 Å². The SMILES string of the molecule is Cc1occc1C(=O)O[C@@H](C)C(=O)NCc1ccc2c(c1)OCO2. The number of aryl methyl sites for hydroxylation is 1. The molecule has 126 valence electrons. The molecule has 2 aromatic rings. The summed E-state index contributed by atoms with van der Waals surface area (Å²) in [5.74, 6) is 0.807. The van der Waals surface area contributed by atoms with Gasteiger partial charge >= 0.3 is 5.97 Å². The molecule has 0 fully saturated rings. The normalized spacial score (nSPS) is 13.4. The predicted octanol–water partition coefficient (Wildman–Crippen LogP) is 2.18. The third-order valence-electron chi connectivity index (χ3n) is 3.64. The van der Waals surface area contributed by atoms with Gasteiger partial charge in [-0.1, -0.05) is 6.07 Å². The van der Waals surface area contributed by atoms with Gasteiger partial charge in [-0.15, -0.1) is 0 Å². The number of ether oxygens (including phenoxy) is 3. The number of carbonyl (C=O) groups is 2. The van der Waals surface area contributed by atoms with Crippen molar-refractivity contribution < 1.29 is 28.2 Å². The number of benzene rings is 1. The van der Waals surface area contributed by atoms with Crippen molar-refractivity contribution in [3.8, 4) is 11.5 Å². The number of nitrogens with one attached hydrogen (secondary N) is 1. The average molecular weight is 331 g/mol. The molecule has 0 saturated heterocycles. The summed E-state index contributed by atoms with van der Waals surface area (Å²) in [6, 6.07) is 6.93. The molecule has 0 spiro atoms. The van der Waals surface area contributed by atoms with E-state index in [0.29, 0.717) is 29.4 Å². The van der Waals surface area contributed by atoms with Crippen LogP contribution >= 0.6 is 0 Å². The second-order valence-corrected chi connectivity index (χ2v) is 5.34. The Kier molecular flexibility index (Phi) is 4.41. The van der Waals surface area contributed by atoms with E-state index in [0.717, 1.165) is 5.56 Å². The molecule has 1 atom stereocenters. The number of hydrogen-bond acceptors (Lipinski definition) is 6. The molecule has 3 rings (SSSR count). The van der Waals surface area contributed by atoms with Gasteiger partial charge in [-0.3, -0.25) is 4.79 Å². The zero-order chi connectivity index (χ0) is 17.1. The molecule has 0 saturated carbocycles. The summed E-state index contributed by atoms with van der Waals surface area (Å²) in [6.07, 6.45) is 0.483. The molecule has 1 aliphatic rings. The lowest BCUT2D eigenvalue weighted by atomic mass is 10.2. The Balaban J connectivity index is 1.53. The van der Waals surface area contributed by atoms with Gasteiger partial charge in [-0.2, -0.15) is 0 Å². The standard InChI is InChI=1S/C17H17NO6/c1-10-13(5-6-21-10)17(20)24-11(2)16(19)18-8-12-3-4-14-15(7-12)23-9-22-14/h3-7,11H,8-9H2,1-2H3,(H,18,19)/t11-/m0/s1. The third-order valence-corrected chi connectivity index (χ3v) is 3.64. The number of amides is 1. The second kappa shape index (κ2) is 6.66. The zero-order valence-electron chi connectivity index (χ0n) is 13.3. The predicted molar refractivity (Wildman–Crippen MR) is 82.7 cm³/mol. The summed E-state index contributed by atoms with van der Waals surface area (Å²) in [7, 11) is 0. The van der Waals surface area contributed by atoms with Crippen LogP contribution in [0.3, 0.4) is 0 Å². The molecule has 7 nitrogen and oxygen atoms in total. The first kappa shape index (κ1) is 15.9. The molecular formula is C17H17NO6. The average Bonchev–Trinajstić information content (AvgIpc) is 3.20. The number of fused-ring (bicyclic) bond motifs is 1. The first-order valence-corrected chi connectivity index (χ1v) is 7.46. The first-order valence-electron chi connectivity index (χ1n) is 7.46. The van der Waals surface area contributed by atoms with Gasteiger partial charge in [-0.05, 0) is 37.6 Å². The van der Waals surface area contributed by atoms with E-state index in [1.807, 2.05) is 6.07 Å². The monoisotopic (exact) mass is 331 g/mol. The van der Waals surface area contributed by atoms with E-state index in [-0.39, 0.29) is 12.7 Å². The quantitative estimate of drug-likeness (QED) is 0.845. The zero-order valence-corrected chi connectivity index (χ0v) is 13.3. The van der Waals surface area contributed by atoms with Gasteiger partial charge in [0.25, 0.3) is 5.91 Å². The molecule has 24 heavy (non-hydrogen) atoms. The maximum atomic E-state index is 12.1. The van der Waals surface area contributed by atoms with Crippen molar-refractivity contribution >= 4 is 11.9 Å². The highest BCUT2D eigenvalue weighted by Crippen LogP contribution is 2.32. The molecular weight excluding hydrogens is 314 g/mol. The van der Waals surface area contributed by atoms with E-state index in [1.165, 1.54) is 19.3 Å². The highest BCUT2D eigenvalue weighted by Gasteiger charge is 2.21. The summed E-state index contributed by atoms with van der Waals surface area (Å²) >= 11 is 0. The molecule has 1 aromatic heterocycles. The van der Waals surface area contributed by atoms with Crippen LogP contribution in [0, 0.1) is 6.92 Å². The summed E-state index contributed by atoms with van der Waals surface area (Å²) in [5.41, 5.74) is 1.17. The van der Waals surface area contributed by atoms with E-state index in [9.17, 15) is 9.59 Å². The Morgan fingerprint density at radius 2 is 2.04 bits per heavy atom. The molecule has 0 bridgehead atoms. The minimum Gasteiger partial charge on any atom is -0.469 e. The van der Waals surface area contributed by atoms with E-state index in [4.69, 9.17) is 18.6 Å². The Hall–Kier alpha value is -2.96. The molecule has 1 amide bonds. The topological polar surface area (TPSA) is 87.0 Å². The fourth-order valence-corrected chi connectivity index (χ4v) is 2.26. The lowest BCUT2D eigenvalue weighted by Crippen LogP contribution is -2.35. The first-order chi connectivity index (χ1) is 11.5. The fourth-order valence-electron chi connectivity index (χ4n) is 2.26. The molecule has 2 heterocycles. The van der Waals surface area contributed by atoms with Gasteiger partial charge in [0.05, 0.1) is 6.26 Å². The molecule has 1 N–H and O–H groups in total. The van der Waals surface area contributed by atoms with E-state index >= 15 is 0 Å². The van der Waals surface area contributed by atoms with Crippen molar-refractivity contribution in [1.29, 1.82) is 0 Å². The molecule has 0 unspecified atom stereocenters. The smallest absolute Gasteiger partial charge is 0.342 e. The van der Waals surface area contributed by atoms with Gasteiger partial charge in [0.15, 0.2) is 17.6 Å². The number of carbonyl (C=O) groups excluding carboxylic acids is 2. The van der Waals surface area contributed by atoms with Gasteiger partial charge in [0.2, 0.25) is 6.79 Å². The molecule has 1 aliphatic heterocycles. The van der Waals surface area contributed by atoms with Crippen LogP contribution in [0.4, 0.5) is 0 Å². The Labute approximate surface area is 138 Å². The van der Waals surface area contributed by atoms with Crippen LogP contribution in [0.25, 0.3) is 0 Å². The summed E-state index contributed by atoms with van der Waals surface area (Å²) in [5, 5.41) is 2.72. The van der Waals surface area contributed by atoms with E-state index in [2.05, 4.69) is 5.32 Å². The van der Waals surface area contributed by atoms with Crippen LogP contribution in [0.5, 0.6) is 11.5 Å². The van der Waals surface area contributed by atoms with Gasteiger partial charge in [0, 0.05) is 6.54 Å². The Bertz CT molecular complexity index is 766. The van der Waals surface area contributed by atoms with Gasteiger partial charge < -0.3 is 23.9 Å². The summed E-state index contributed by atoms with van der Waals surface area (Å²) in [4.78, 5) is 24.0. The molecule has 7 heteroatoms. The van der Waals surface area contributed by atoms with Crippen molar-refractivity contribution in [2.45, 2.75) is 26.5 Å². The fraction of sp³-hybridized carbons (Fsp3) is 0.294. The lowest BCUT2D eigenvalue weighted by molar-refractivity contribution is -0.129. The lowest BCUT2D eigenvalue weighted by Gasteiger charge is -2.13. The minimum absolute atomic E-state index is 0.200. The van der Waals surface area contributed by atoms with E-state index < -0.39 is 12.1 Å². The third kappa shape index (κ3) is 3.34. The van der Waals surface area contributed by atoms with Crippen LogP contribution in [-0.4, -0.2) is 24.8 Å². The van der Waals surface area contributed by atoms with Crippen molar-refractivity contribution in [3.05, 3.63) is 47.4 Å². The maximum absolute atomic E-state index is 12.1. The molecule has 0 aliphatic carbocycles. The highest BCUT2D eigenvalue weighted by molar-refractivity contribution is 5.92. The molecule has 0 radical (unpaired) electrons. The van der Waals surface area contributed by atoms with Gasteiger partial charge in [0.1, 0.15) is 11.3 Å². The molecule has 1 aromatic carbocycles. The van der Waals surface area contributed by atoms with Crippen LogP contribution in [0.2, 0.25) is 0 Å². The van der Waals surface area contributed by atoms with Crippen molar-refractivity contribution in [1.82, 2.24) is 5.32 Å². The number of hydrogen-bond donors (Lipinski definition) is 1. The van der Waals surface area contributed by atoms with Crippen LogP contribution in [0.15, 0.2) is 34.9 Å². The van der Waals surface area contributed by atoms with E-state index in [1.54, 1.807) is 19.1 Å². The largest absolute Gasteiger partial charge is 0.469 e. The Morgan fingerprint density at radius 3 is 2.79 bits per heavy atom. The van der Waals surface area contributed by atoms with Gasteiger partial charge in [-0.25, -0.2) is 4.79 Å². The van der Waals surface area contributed by atoms with Crippen LogP contribution in [-0.2, 0) is 16.1 Å². The van der Waals surface area contributed by atoms with Crippen molar-refractivity contribution in [2.75, 3.05) is 6.79 Å². The van der Waals surface area contributed by atoms with Crippen LogP contribution in [0.1, 0.15) is 28.6 Å². The summed E-state index contributed by atoms with van der Waals surface area (Å²) < 4.78 is 20.7. The maximum Gasteiger partial charge on any atom is 0.342 e. The highest BCUT2D eigenvalue weighted by atomic mass is 16.7. The number of rotatable bonds is 5. The number of furan rings is 1. The van der Waals surface area contributed by atoms with Crippen LogP contribution < -0.4 is 14.8 Å². The second-order valence-electron chi connectivity index (χ2n) is 5.34. The summed E-state index contributed by atoms with van der Waals surface area (Å²) in [6.45, 7) is 3.66.